The standard InChI is InChI=1S/C12H16N2O2/c1-10(13)8-12(15)14(2)16-9-11-6-4-3-5-7-11/h3-8H,9,13H2,1-2H3/b10-8-. The number of carbonyl (C=O) groups excluding carboxylic acids is 1. The molecule has 0 spiro atoms. The molecule has 0 unspecified atom stereocenters. The zero-order valence-corrected chi connectivity index (χ0v) is 9.51. The summed E-state index contributed by atoms with van der Waals surface area (Å²) >= 11 is 0. The largest absolute Gasteiger partial charge is 0.402 e. The van der Waals surface area contributed by atoms with E-state index in [-0.39, 0.29) is 5.91 Å². The summed E-state index contributed by atoms with van der Waals surface area (Å²) in [5, 5.41) is 1.17. The highest BCUT2D eigenvalue weighted by atomic mass is 16.7. The topological polar surface area (TPSA) is 55.6 Å². The van der Waals surface area contributed by atoms with Gasteiger partial charge in [0.2, 0.25) is 0 Å². The van der Waals surface area contributed by atoms with Crippen LogP contribution >= 0.6 is 0 Å². The van der Waals surface area contributed by atoms with Crippen LogP contribution in [0.25, 0.3) is 0 Å². The molecule has 1 aromatic carbocycles. The first kappa shape index (κ1) is 12.3. The SMILES string of the molecule is C/C(N)=C/C(=O)N(C)OCc1ccccc1. The molecule has 0 fully saturated rings. The molecule has 0 aliphatic heterocycles. The van der Waals surface area contributed by atoms with Gasteiger partial charge in [-0.05, 0) is 12.5 Å². The van der Waals surface area contributed by atoms with Gasteiger partial charge in [0, 0.05) is 18.8 Å². The number of rotatable bonds is 4. The van der Waals surface area contributed by atoms with Crippen molar-refractivity contribution < 1.29 is 9.63 Å². The fourth-order valence-corrected chi connectivity index (χ4v) is 1.09. The third-order valence-electron chi connectivity index (χ3n) is 1.93. The van der Waals surface area contributed by atoms with E-state index in [1.165, 1.54) is 11.1 Å². The fourth-order valence-electron chi connectivity index (χ4n) is 1.09. The van der Waals surface area contributed by atoms with Gasteiger partial charge in [-0.25, -0.2) is 5.06 Å². The van der Waals surface area contributed by atoms with Gasteiger partial charge in [-0.1, -0.05) is 30.3 Å². The van der Waals surface area contributed by atoms with Crippen LogP contribution < -0.4 is 5.73 Å². The molecular formula is C12H16N2O2. The van der Waals surface area contributed by atoms with E-state index in [1.807, 2.05) is 30.3 Å². The van der Waals surface area contributed by atoms with Gasteiger partial charge in [-0.2, -0.15) is 0 Å². The maximum absolute atomic E-state index is 11.4. The fraction of sp³-hybridized carbons (Fsp3) is 0.250. The summed E-state index contributed by atoms with van der Waals surface area (Å²) in [7, 11) is 1.56. The Bertz CT molecular complexity index is 370. The molecule has 0 heterocycles. The lowest BCUT2D eigenvalue weighted by atomic mass is 10.2. The number of likely N-dealkylation sites (N-methyl/N-ethyl adjacent to an activating group) is 1. The van der Waals surface area contributed by atoms with Gasteiger partial charge in [0.15, 0.2) is 0 Å². The summed E-state index contributed by atoms with van der Waals surface area (Å²) in [6.07, 6.45) is 1.32. The summed E-state index contributed by atoms with van der Waals surface area (Å²) < 4.78 is 0. The second kappa shape index (κ2) is 5.92. The minimum Gasteiger partial charge on any atom is -0.402 e. The highest BCUT2D eigenvalue weighted by molar-refractivity contribution is 5.87. The lowest BCUT2D eigenvalue weighted by molar-refractivity contribution is -0.177. The van der Waals surface area contributed by atoms with Gasteiger partial charge in [0.1, 0.15) is 6.61 Å². The average Bonchev–Trinajstić information content (AvgIpc) is 2.26. The minimum absolute atomic E-state index is 0.268. The van der Waals surface area contributed by atoms with Crippen LogP contribution in [0.5, 0.6) is 0 Å². The lowest BCUT2D eigenvalue weighted by Gasteiger charge is -2.14. The molecule has 1 aromatic rings. The van der Waals surface area contributed by atoms with Gasteiger partial charge in [-0.3, -0.25) is 9.63 Å². The van der Waals surface area contributed by atoms with E-state index in [4.69, 9.17) is 10.6 Å². The Labute approximate surface area is 95.3 Å². The van der Waals surface area contributed by atoms with Crippen LogP contribution in [-0.4, -0.2) is 18.0 Å². The Morgan fingerprint density at radius 3 is 2.62 bits per heavy atom. The molecule has 4 nitrogen and oxygen atoms in total. The van der Waals surface area contributed by atoms with E-state index in [1.54, 1.807) is 14.0 Å². The van der Waals surface area contributed by atoms with E-state index in [2.05, 4.69) is 0 Å². The predicted octanol–water partition coefficient (Wildman–Crippen LogP) is 1.44. The van der Waals surface area contributed by atoms with Crippen molar-refractivity contribution in [2.24, 2.45) is 5.73 Å². The normalized spacial score (nSPS) is 11.2. The first-order valence-electron chi connectivity index (χ1n) is 4.98. The van der Waals surface area contributed by atoms with E-state index >= 15 is 0 Å². The molecule has 0 aliphatic carbocycles. The molecule has 4 heteroatoms. The van der Waals surface area contributed by atoms with Crippen molar-refractivity contribution in [3.63, 3.8) is 0 Å². The molecular weight excluding hydrogens is 204 g/mol. The number of allylic oxidation sites excluding steroid dienone is 1. The van der Waals surface area contributed by atoms with Gasteiger partial charge in [0.05, 0.1) is 0 Å². The van der Waals surface area contributed by atoms with Gasteiger partial charge < -0.3 is 5.73 Å². The molecule has 0 atom stereocenters. The number of benzene rings is 1. The van der Waals surface area contributed by atoms with Gasteiger partial charge in [-0.15, -0.1) is 0 Å². The van der Waals surface area contributed by atoms with Crippen molar-refractivity contribution in [3.8, 4) is 0 Å². The number of carbonyl (C=O) groups is 1. The van der Waals surface area contributed by atoms with E-state index in [9.17, 15) is 4.79 Å². The van der Waals surface area contributed by atoms with Gasteiger partial charge >= 0.3 is 0 Å². The van der Waals surface area contributed by atoms with Crippen molar-refractivity contribution >= 4 is 5.91 Å². The second-order valence-corrected chi connectivity index (χ2v) is 3.48. The van der Waals surface area contributed by atoms with Crippen LogP contribution in [-0.2, 0) is 16.2 Å². The Kier molecular flexibility index (Phi) is 4.54. The van der Waals surface area contributed by atoms with Crippen molar-refractivity contribution in [1.29, 1.82) is 0 Å². The van der Waals surface area contributed by atoms with Crippen LogP contribution in [0.2, 0.25) is 0 Å². The smallest absolute Gasteiger partial charge is 0.271 e. The molecule has 16 heavy (non-hydrogen) atoms. The summed E-state index contributed by atoms with van der Waals surface area (Å²) in [5.74, 6) is -0.268. The van der Waals surface area contributed by atoms with Crippen LogP contribution in [0.15, 0.2) is 42.1 Å². The Hall–Kier alpha value is -1.81. The molecule has 0 radical (unpaired) electrons. The van der Waals surface area contributed by atoms with E-state index in [0.29, 0.717) is 12.3 Å². The molecule has 86 valence electrons. The summed E-state index contributed by atoms with van der Waals surface area (Å²) in [6, 6.07) is 9.64. The van der Waals surface area contributed by atoms with Crippen LogP contribution in [0.4, 0.5) is 0 Å². The van der Waals surface area contributed by atoms with Gasteiger partial charge in [0.25, 0.3) is 5.91 Å². The zero-order valence-electron chi connectivity index (χ0n) is 9.51. The van der Waals surface area contributed by atoms with Crippen molar-refractivity contribution in [3.05, 3.63) is 47.7 Å². The zero-order chi connectivity index (χ0) is 12.0. The lowest BCUT2D eigenvalue weighted by Crippen LogP contribution is -2.25. The quantitative estimate of drug-likeness (QED) is 0.617. The third kappa shape index (κ3) is 4.14. The molecule has 1 amide bonds. The molecule has 0 aliphatic rings. The van der Waals surface area contributed by atoms with Crippen LogP contribution in [0.3, 0.4) is 0 Å². The highest BCUT2D eigenvalue weighted by Gasteiger charge is 2.05. The number of nitrogens with zero attached hydrogens (tertiary/aromatic N) is 1. The number of amides is 1. The Morgan fingerprint density at radius 1 is 1.44 bits per heavy atom. The van der Waals surface area contributed by atoms with Crippen molar-refractivity contribution in [1.82, 2.24) is 5.06 Å². The van der Waals surface area contributed by atoms with Crippen LogP contribution in [0.1, 0.15) is 12.5 Å². The number of hydrogen-bond acceptors (Lipinski definition) is 3. The summed E-state index contributed by atoms with van der Waals surface area (Å²) in [4.78, 5) is 16.7. The van der Waals surface area contributed by atoms with Crippen molar-refractivity contribution in [2.45, 2.75) is 13.5 Å². The molecule has 0 saturated carbocycles. The molecule has 2 N–H and O–H groups in total. The Balaban J connectivity index is 2.44. The van der Waals surface area contributed by atoms with Crippen LogP contribution in [0, 0.1) is 0 Å². The van der Waals surface area contributed by atoms with E-state index < -0.39 is 0 Å². The number of hydrogen-bond donors (Lipinski definition) is 1. The van der Waals surface area contributed by atoms with Crippen molar-refractivity contribution in [2.75, 3.05) is 7.05 Å². The third-order valence-corrected chi connectivity index (χ3v) is 1.93. The average molecular weight is 220 g/mol. The molecule has 0 aromatic heterocycles. The molecule has 0 bridgehead atoms. The minimum atomic E-state index is -0.268. The molecule has 1 rings (SSSR count). The Morgan fingerprint density at radius 2 is 2.06 bits per heavy atom. The highest BCUT2D eigenvalue weighted by Crippen LogP contribution is 2.02. The number of nitrogens with two attached hydrogens (primary N) is 1. The maximum atomic E-state index is 11.4. The first-order valence-corrected chi connectivity index (χ1v) is 4.98. The number of hydroxylamine groups is 2. The maximum Gasteiger partial charge on any atom is 0.271 e. The monoisotopic (exact) mass is 220 g/mol. The summed E-state index contributed by atoms with van der Waals surface area (Å²) in [6.45, 7) is 2.02. The van der Waals surface area contributed by atoms with E-state index in [0.717, 1.165) is 5.56 Å². The molecule has 0 saturated heterocycles. The predicted molar refractivity (Wildman–Crippen MR) is 61.9 cm³/mol. The first-order chi connectivity index (χ1) is 7.59. The summed E-state index contributed by atoms with van der Waals surface area (Å²) in [5.41, 5.74) is 6.86. The second-order valence-electron chi connectivity index (χ2n) is 3.48.